The molecule has 1 amide bonds. The second-order valence-electron chi connectivity index (χ2n) is 2.97. The first-order chi connectivity index (χ1) is 7.11. The summed E-state index contributed by atoms with van der Waals surface area (Å²) in [7, 11) is 0. The highest BCUT2D eigenvalue weighted by molar-refractivity contribution is 8.05. The number of hydrogen-bond acceptors (Lipinski definition) is 3. The summed E-state index contributed by atoms with van der Waals surface area (Å²) >= 11 is 1.50. The van der Waals surface area contributed by atoms with Gasteiger partial charge in [0.25, 0.3) is 0 Å². The normalized spacial score (nSPS) is 9.93. The van der Waals surface area contributed by atoms with Gasteiger partial charge in [-0.3, -0.25) is 4.79 Å². The molecule has 0 heterocycles. The molecule has 0 bridgehead atoms. The van der Waals surface area contributed by atoms with Gasteiger partial charge in [-0.1, -0.05) is 12.7 Å². The van der Waals surface area contributed by atoms with Crippen LogP contribution in [0.25, 0.3) is 0 Å². The second-order valence-corrected chi connectivity index (χ2v) is 4.06. The van der Waals surface area contributed by atoms with Crippen molar-refractivity contribution in [2.45, 2.75) is 20.3 Å². The number of rotatable bonds is 6. The van der Waals surface area contributed by atoms with E-state index in [1.807, 2.05) is 24.5 Å². The van der Waals surface area contributed by atoms with Gasteiger partial charge in [0.15, 0.2) is 0 Å². The maximum Gasteiger partial charge on any atom is 0.219 e. The van der Waals surface area contributed by atoms with Gasteiger partial charge in [-0.15, -0.1) is 11.8 Å². The van der Waals surface area contributed by atoms with Gasteiger partial charge in [0, 0.05) is 18.4 Å². The van der Waals surface area contributed by atoms with Gasteiger partial charge >= 0.3 is 0 Å². The molecule has 0 unspecified atom stereocenters. The molecule has 0 N–H and O–H groups in total. The van der Waals surface area contributed by atoms with Crippen LogP contribution in [0.2, 0.25) is 0 Å². The van der Waals surface area contributed by atoms with Crippen LogP contribution in [-0.2, 0) is 4.79 Å². The number of nitrogens with zero attached hydrogens (tertiary/aromatic N) is 2. The fraction of sp³-hybridized carbons (Fsp3) is 0.455. The minimum absolute atomic E-state index is 0.0209. The van der Waals surface area contributed by atoms with Crippen LogP contribution in [0.3, 0.4) is 0 Å². The predicted molar refractivity (Wildman–Crippen MR) is 64.0 cm³/mol. The quantitative estimate of drug-likeness (QED) is 0.696. The molecule has 0 aromatic heterocycles. The number of amides is 1. The second kappa shape index (κ2) is 8.13. The molecule has 3 nitrogen and oxygen atoms in total. The van der Waals surface area contributed by atoms with Crippen LogP contribution in [0, 0.1) is 11.3 Å². The summed E-state index contributed by atoms with van der Waals surface area (Å²) in [5.41, 5.74) is 0. The fourth-order valence-electron chi connectivity index (χ4n) is 0.947. The molecule has 0 aromatic carbocycles. The van der Waals surface area contributed by atoms with Crippen molar-refractivity contribution in [1.82, 2.24) is 4.90 Å². The van der Waals surface area contributed by atoms with E-state index in [0.29, 0.717) is 19.5 Å². The van der Waals surface area contributed by atoms with Crippen molar-refractivity contribution in [1.29, 1.82) is 5.26 Å². The molecule has 0 radical (unpaired) electrons. The monoisotopic (exact) mass is 224 g/mol. The number of carbonyl (C=O) groups is 1. The van der Waals surface area contributed by atoms with E-state index in [1.165, 1.54) is 18.7 Å². The van der Waals surface area contributed by atoms with E-state index >= 15 is 0 Å². The molecule has 0 atom stereocenters. The van der Waals surface area contributed by atoms with Crippen LogP contribution >= 0.6 is 11.8 Å². The lowest BCUT2D eigenvalue weighted by Crippen LogP contribution is -2.30. The molecule has 0 saturated carbocycles. The Labute approximate surface area is 95.4 Å². The fourth-order valence-corrected chi connectivity index (χ4v) is 1.51. The minimum Gasteiger partial charge on any atom is -0.337 e. The molecule has 15 heavy (non-hydrogen) atoms. The smallest absolute Gasteiger partial charge is 0.219 e. The van der Waals surface area contributed by atoms with Crippen molar-refractivity contribution in [2.24, 2.45) is 0 Å². The lowest BCUT2D eigenvalue weighted by Gasteiger charge is -2.20. The van der Waals surface area contributed by atoms with Gasteiger partial charge < -0.3 is 4.90 Å². The average molecular weight is 224 g/mol. The van der Waals surface area contributed by atoms with Crippen molar-refractivity contribution in [2.75, 3.05) is 13.1 Å². The Morgan fingerprint density at radius 2 is 2.33 bits per heavy atom. The number of allylic oxidation sites excluding steroid dienone is 1. The van der Waals surface area contributed by atoms with E-state index in [2.05, 4.69) is 6.58 Å². The Balaban J connectivity index is 4.11. The zero-order chi connectivity index (χ0) is 11.7. The number of hydrogen-bond donors (Lipinski definition) is 0. The highest BCUT2D eigenvalue weighted by atomic mass is 32.2. The lowest BCUT2D eigenvalue weighted by atomic mass is 10.4. The number of thioether (sulfide) groups is 1. The summed E-state index contributed by atoms with van der Waals surface area (Å²) in [5, 5.41) is 10.4. The number of carbonyl (C=O) groups excluding carboxylic acids is 1. The molecule has 0 rings (SSSR count). The molecule has 0 aliphatic carbocycles. The van der Waals surface area contributed by atoms with Gasteiger partial charge in [-0.25, -0.2) is 0 Å². The highest BCUT2D eigenvalue weighted by Gasteiger charge is 2.08. The van der Waals surface area contributed by atoms with Crippen LogP contribution in [0.4, 0.5) is 0 Å². The van der Waals surface area contributed by atoms with Crippen LogP contribution in [0.15, 0.2) is 23.0 Å². The van der Waals surface area contributed by atoms with Crippen LogP contribution < -0.4 is 0 Å². The highest BCUT2D eigenvalue weighted by Crippen LogP contribution is 2.16. The standard InChI is InChI=1S/C11H16N2OS/c1-4-8-15-10(2)9-13(11(3)14)7-5-6-12/h4,8H,2,5,7,9H2,1,3H3/b8-4-. The molecular formula is C11H16N2OS. The van der Waals surface area contributed by atoms with E-state index in [1.54, 1.807) is 4.90 Å². The molecule has 0 aromatic rings. The minimum atomic E-state index is -0.0209. The third-order valence-electron chi connectivity index (χ3n) is 1.68. The molecule has 0 fully saturated rings. The van der Waals surface area contributed by atoms with Gasteiger partial charge in [-0.2, -0.15) is 5.26 Å². The van der Waals surface area contributed by atoms with Gasteiger partial charge in [0.1, 0.15) is 0 Å². The first-order valence-corrected chi connectivity index (χ1v) is 5.57. The van der Waals surface area contributed by atoms with Gasteiger partial charge in [0.05, 0.1) is 19.0 Å². The predicted octanol–water partition coefficient (Wildman–Crippen LogP) is 2.53. The summed E-state index contributed by atoms with van der Waals surface area (Å²) in [4.78, 5) is 13.7. The Bertz CT molecular complexity index is 291. The van der Waals surface area contributed by atoms with Crippen molar-refractivity contribution in [3.05, 3.63) is 23.0 Å². The summed E-state index contributed by atoms with van der Waals surface area (Å²) in [6.45, 7) is 8.27. The molecular weight excluding hydrogens is 208 g/mol. The maximum absolute atomic E-state index is 11.2. The first-order valence-electron chi connectivity index (χ1n) is 4.69. The van der Waals surface area contributed by atoms with E-state index < -0.39 is 0 Å². The molecule has 4 heteroatoms. The SMILES string of the molecule is C=C(CN(CCC#N)C(C)=O)S/C=C\C. The molecule has 82 valence electrons. The van der Waals surface area contributed by atoms with Crippen molar-refractivity contribution in [3.8, 4) is 6.07 Å². The van der Waals surface area contributed by atoms with Crippen molar-refractivity contribution < 1.29 is 4.79 Å². The van der Waals surface area contributed by atoms with E-state index in [-0.39, 0.29) is 5.91 Å². The van der Waals surface area contributed by atoms with E-state index in [4.69, 9.17) is 5.26 Å². The summed E-state index contributed by atoms with van der Waals surface area (Å²) in [6, 6.07) is 2.03. The molecule has 0 aliphatic rings. The third-order valence-corrected chi connectivity index (χ3v) is 2.55. The summed E-state index contributed by atoms with van der Waals surface area (Å²) in [6.07, 6.45) is 2.28. The Morgan fingerprint density at radius 3 is 2.80 bits per heavy atom. The Hall–Kier alpha value is -1.21. The third kappa shape index (κ3) is 6.81. The topological polar surface area (TPSA) is 44.1 Å². The summed E-state index contributed by atoms with van der Waals surface area (Å²) < 4.78 is 0. The lowest BCUT2D eigenvalue weighted by molar-refractivity contribution is -0.128. The molecule has 0 spiro atoms. The van der Waals surface area contributed by atoms with Crippen LogP contribution in [0.1, 0.15) is 20.3 Å². The Kier molecular flexibility index (Phi) is 7.47. The maximum atomic E-state index is 11.2. The van der Waals surface area contributed by atoms with Crippen LogP contribution in [-0.4, -0.2) is 23.9 Å². The number of nitriles is 1. The Morgan fingerprint density at radius 1 is 1.67 bits per heavy atom. The van der Waals surface area contributed by atoms with Crippen molar-refractivity contribution in [3.63, 3.8) is 0 Å². The van der Waals surface area contributed by atoms with E-state index in [0.717, 1.165) is 4.91 Å². The van der Waals surface area contributed by atoms with Crippen LogP contribution in [0.5, 0.6) is 0 Å². The van der Waals surface area contributed by atoms with Crippen molar-refractivity contribution >= 4 is 17.7 Å². The summed E-state index contributed by atoms with van der Waals surface area (Å²) in [5.74, 6) is -0.0209. The molecule has 0 saturated heterocycles. The van der Waals surface area contributed by atoms with E-state index in [9.17, 15) is 4.79 Å². The zero-order valence-electron chi connectivity index (χ0n) is 9.19. The van der Waals surface area contributed by atoms with Gasteiger partial charge in [-0.05, 0) is 12.3 Å². The zero-order valence-corrected chi connectivity index (χ0v) is 10.0. The first kappa shape index (κ1) is 13.8. The van der Waals surface area contributed by atoms with Gasteiger partial charge in [0.2, 0.25) is 5.91 Å². The average Bonchev–Trinajstić information content (AvgIpc) is 2.20. The largest absolute Gasteiger partial charge is 0.337 e. The molecule has 0 aliphatic heterocycles.